The average Bonchev–Trinajstić information content (AvgIpc) is 2.15. The summed E-state index contributed by atoms with van der Waals surface area (Å²) in [7, 11) is 0. The normalized spacial score (nSPS) is 12.9. The Morgan fingerprint density at radius 1 is 1.47 bits per heavy atom. The highest BCUT2D eigenvalue weighted by Crippen LogP contribution is 2.22. The van der Waals surface area contributed by atoms with Gasteiger partial charge >= 0.3 is 0 Å². The number of nitrogens with one attached hydrogen (secondary N) is 1. The molecular weight excluding hydrogens is 270 g/mol. The van der Waals surface area contributed by atoms with Crippen LogP contribution in [0, 0.1) is 0 Å². The van der Waals surface area contributed by atoms with E-state index in [1.165, 1.54) is 0 Å². The van der Waals surface area contributed by atoms with E-state index in [0.717, 1.165) is 4.47 Å². The summed E-state index contributed by atoms with van der Waals surface area (Å²) < 4.78 is 24.7. The third-order valence-electron chi connectivity index (χ3n) is 1.81. The number of hydrogen-bond acceptors (Lipinski definition) is 3. The molecule has 3 nitrogen and oxygen atoms in total. The molecule has 0 aliphatic heterocycles. The van der Waals surface area contributed by atoms with E-state index in [2.05, 4.69) is 21.2 Å². The van der Waals surface area contributed by atoms with Crippen molar-refractivity contribution >= 4 is 27.3 Å². The number of nitrogen functional groups attached to an aromatic ring is 1. The molecule has 0 heterocycles. The maximum absolute atomic E-state index is 12.0. The van der Waals surface area contributed by atoms with Crippen LogP contribution in [0.5, 0.6) is 0 Å². The van der Waals surface area contributed by atoms with Gasteiger partial charge in [-0.1, -0.05) is 15.9 Å². The zero-order chi connectivity index (χ0) is 11.4. The molecule has 0 fully saturated rings. The van der Waals surface area contributed by atoms with Gasteiger partial charge in [-0.15, -0.1) is 0 Å². The van der Waals surface area contributed by atoms with Crippen LogP contribution in [0.2, 0.25) is 0 Å². The van der Waals surface area contributed by atoms with Gasteiger partial charge in [-0.2, -0.15) is 0 Å². The molecule has 0 amide bonds. The first-order valence-electron chi connectivity index (χ1n) is 4.26. The van der Waals surface area contributed by atoms with E-state index in [0.29, 0.717) is 11.4 Å². The number of aliphatic hydroxyl groups is 1. The molecule has 1 aromatic rings. The number of aliphatic hydroxyl groups excluding tert-OH is 1. The van der Waals surface area contributed by atoms with E-state index < -0.39 is 12.5 Å². The molecule has 0 spiro atoms. The van der Waals surface area contributed by atoms with Gasteiger partial charge in [0.15, 0.2) is 0 Å². The van der Waals surface area contributed by atoms with Crippen molar-refractivity contribution in [1.29, 1.82) is 0 Å². The van der Waals surface area contributed by atoms with Crippen molar-refractivity contribution in [3.63, 3.8) is 0 Å². The van der Waals surface area contributed by atoms with Crippen LogP contribution in [-0.4, -0.2) is 24.2 Å². The molecule has 84 valence electrons. The zero-order valence-electron chi connectivity index (χ0n) is 7.75. The van der Waals surface area contributed by atoms with Gasteiger partial charge in [-0.05, 0) is 18.2 Å². The van der Waals surface area contributed by atoms with Crippen LogP contribution in [0.4, 0.5) is 20.2 Å². The van der Waals surface area contributed by atoms with E-state index >= 15 is 0 Å². The quantitative estimate of drug-likeness (QED) is 0.740. The van der Waals surface area contributed by atoms with Gasteiger partial charge < -0.3 is 16.2 Å². The van der Waals surface area contributed by atoms with E-state index in [9.17, 15) is 8.78 Å². The molecule has 0 saturated carbocycles. The van der Waals surface area contributed by atoms with Crippen molar-refractivity contribution in [3.05, 3.63) is 22.7 Å². The average molecular weight is 281 g/mol. The molecule has 0 aliphatic carbocycles. The van der Waals surface area contributed by atoms with Gasteiger partial charge in [0.25, 0.3) is 6.43 Å². The number of alkyl halides is 2. The second kappa shape index (κ2) is 5.27. The Bertz CT molecular complexity index is 336. The third kappa shape index (κ3) is 3.64. The number of halogens is 3. The Kier molecular flexibility index (Phi) is 4.28. The molecule has 0 radical (unpaired) electrons. The van der Waals surface area contributed by atoms with E-state index in [1.807, 2.05) is 0 Å². The monoisotopic (exact) mass is 280 g/mol. The Morgan fingerprint density at radius 3 is 2.67 bits per heavy atom. The molecule has 1 unspecified atom stereocenters. The molecule has 0 bridgehead atoms. The lowest BCUT2D eigenvalue weighted by molar-refractivity contribution is 0.00385. The Labute approximate surface area is 94.4 Å². The second-order valence-electron chi connectivity index (χ2n) is 3.01. The summed E-state index contributed by atoms with van der Waals surface area (Å²) in [6.07, 6.45) is -4.44. The fraction of sp³-hybridized carbons (Fsp3) is 0.333. The second-order valence-corrected chi connectivity index (χ2v) is 3.93. The van der Waals surface area contributed by atoms with Gasteiger partial charge in [0.2, 0.25) is 0 Å². The fourth-order valence-electron chi connectivity index (χ4n) is 0.998. The Hall–Kier alpha value is -0.880. The molecule has 15 heavy (non-hydrogen) atoms. The fourth-order valence-corrected chi connectivity index (χ4v) is 1.38. The number of rotatable bonds is 4. The van der Waals surface area contributed by atoms with Crippen LogP contribution in [0.25, 0.3) is 0 Å². The molecule has 6 heteroatoms. The van der Waals surface area contributed by atoms with Crippen molar-refractivity contribution in [2.75, 3.05) is 17.6 Å². The van der Waals surface area contributed by atoms with Gasteiger partial charge in [-0.25, -0.2) is 8.78 Å². The van der Waals surface area contributed by atoms with Gasteiger partial charge in [-0.3, -0.25) is 0 Å². The molecule has 0 saturated heterocycles. The van der Waals surface area contributed by atoms with Crippen molar-refractivity contribution in [2.45, 2.75) is 12.5 Å². The highest BCUT2D eigenvalue weighted by molar-refractivity contribution is 9.10. The minimum absolute atomic E-state index is 0.233. The maximum Gasteiger partial charge on any atom is 0.265 e. The van der Waals surface area contributed by atoms with Gasteiger partial charge in [0.05, 0.1) is 11.4 Å². The minimum Gasteiger partial charge on any atom is -0.397 e. The highest BCUT2D eigenvalue weighted by Gasteiger charge is 2.16. The van der Waals surface area contributed by atoms with Crippen molar-refractivity contribution in [3.8, 4) is 0 Å². The zero-order valence-corrected chi connectivity index (χ0v) is 9.34. The summed E-state index contributed by atoms with van der Waals surface area (Å²) >= 11 is 3.22. The van der Waals surface area contributed by atoms with Crippen LogP contribution < -0.4 is 11.1 Å². The molecule has 1 rings (SSSR count). The van der Waals surface area contributed by atoms with Gasteiger partial charge in [0, 0.05) is 11.0 Å². The van der Waals surface area contributed by atoms with E-state index in [4.69, 9.17) is 10.8 Å². The first-order valence-corrected chi connectivity index (χ1v) is 5.05. The van der Waals surface area contributed by atoms with Crippen molar-refractivity contribution in [2.24, 2.45) is 0 Å². The predicted molar refractivity (Wildman–Crippen MR) is 59.1 cm³/mol. The SMILES string of the molecule is Nc1cc(Br)ccc1NCC(O)C(F)F. The van der Waals surface area contributed by atoms with Gasteiger partial charge in [0.1, 0.15) is 6.10 Å². The highest BCUT2D eigenvalue weighted by atomic mass is 79.9. The van der Waals surface area contributed by atoms with E-state index in [-0.39, 0.29) is 6.54 Å². The summed E-state index contributed by atoms with van der Waals surface area (Å²) in [5, 5.41) is 11.5. The molecular formula is C9H11BrF2N2O. The number of benzene rings is 1. The lowest BCUT2D eigenvalue weighted by Gasteiger charge is -2.13. The van der Waals surface area contributed by atoms with Crippen LogP contribution in [0.3, 0.4) is 0 Å². The first kappa shape index (κ1) is 12.2. The predicted octanol–water partition coefficient (Wildman–Crippen LogP) is 2.07. The molecule has 0 aromatic heterocycles. The van der Waals surface area contributed by atoms with Crippen LogP contribution in [-0.2, 0) is 0 Å². The number of anilines is 2. The summed E-state index contributed by atoms with van der Waals surface area (Å²) in [5.41, 5.74) is 6.58. The topological polar surface area (TPSA) is 58.3 Å². The van der Waals surface area contributed by atoms with Crippen LogP contribution in [0.15, 0.2) is 22.7 Å². The standard InChI is InChI=1S/C9H11BrF2N2O/c10-5-1-2-7(6(13)3-5)14-4-8(15)9(11)12/h1-3,8-9,14-15H,4,13H2. The summed E-state index contributed by atoms with van der Waals surface area (Å²) in [4.78, 5) is 0. The summed E-state index contributed by atoms with van der Waals surface area (Å²) in [6, 6.07) is 5.03. The van der Waals surface area contributed by atoms with E-state index in [1.54, 1.807) is 18.2 Å². The summed E-state index contributed by atoms with van der Waals surface area (Å²) in [5.74, 6) is 0. The van der Waals surface area contributed by atoms with Crippen LogP contribution in [0.1, 0.15) is 0 Å². The molecule has 4 N–H and O–H groups in total. The third-order valence-corrected chi connectivity index (χ3v) is 2.30. The van der Waals surface area contributed by atoms with Crippen LogP contribution >= 0.6 is 15.9 Å². The lowest BCUT2D eigenvalue weighted by atomic mass is 10.2. The van der Waals surface area contributed by atoms with Crippen molar-refractivity contribution < 1.29 is 13.9 Å². The maximum atomic E-state index is 12.0. The Balaban J connectivity index is 2.58. The molecule has 1 atom stereocenters. The lowest BCUT2D eigenvalue weighted by Crippen LogP contribution is -2.27. The largest absolute Gasteiger partial charge is 0.397 e. The Morgan fingerprint density at radius 2 is 2.13 bits per heavy atom. The van der Waals surface area contributed by atoms with Crippen molar-refractivity contribution in [1.82, 2.24) is 0 Å². The molecule has 1 aromatic carbocycles. The number of nitrogens with two attached hydrogens (primary N) is 1. The minimum atomic E-state index is -2.76. The summed E-state index contributed by atoms with van der Waals surface area (Å²) in [6.45, 7) is -0.233. The first-order chi connectivity index (χ1) is 7.00. The molecule has 0 aliphatic rings. The smallest absolute Gasteiger partial charge is 0.265 e. The number of hydrogen-bond donors (Lipinski definition) is 3.